The predicted molar refractivity (Wildman–Crippen MR) is 110 cm³/mol. The molecule has 0 fully saturated rings. The van der Waals surface area contributed by atoms with Crippen LogP contribution in [-0.4, -0.2) is 46.8 Å². The smallest absolute Gasteiger partial charge is 0.277 e. The lowest BCUT2D eigenvalue weighted by Gasteiger charge is -2.38. The quantitative estimate of drug-likeness (QED) is 0.722. The number of aromatic hydroxyl groups is 1. The lowest BCUT2D eigenvalue weighted by molar-refractivity contribution is 0.0731. The molecule has 0 bridgehead atoms. The van der Waals surface area contributed by atoms with Crippen LogP contribution in [0.1, 0.15) is 46.2 Å². The minimum absolute atomic E-state index is 0.176. The normalized spacial score (nSPS) is 13.4. The molecule has 2 amide bonds. The van der Waals surface area contributed by atoms with E-state index in [0.717, 1.165) is 18.9 Å². The summed E-state index contributed by atoms with van der Waals surface area (Å²) in [5.74, 6) is -2.69. The van der Waals surface area contributed by atoms with E-state index in [4.69, 9.17) is 11.6 Å². The SMILES string of the molecule is CCCCN1CN(C)C(=O)c2c(O)c(=O)c(C(=O)NCc3ccc(Cl)cc3F)cn21. The summed E-state index contributed by atoms with van der Waals surface area (Å²) in [6.07, 6.45) is 2.95. The highest BCUT2D eigenvalue weighted by Crippen LogP contribution is 2.21. The Bertz CT molecular complexity index is 1060. The number of aromatic nitrogens is 1. The highest BCUT2D eigenvalue weighted by molar-refractivity contribution is 6.30. The van der Waals surface area contributed by atoms with Gasteiger partial charge < -0.3 is 15.3 Å². The van der Waals surface area contributed by atoms with Crippen molar-refractivity contribution < 1.29 is 19.1 Å². The van der Waals surface area contributed by atoms with Gasteiger partial charge >= 0.3 is 0 Å². The first kappa shape index (κ1) is 21.6. The Morgan fingerprint density at radius 3 is 2.73 bits per heavy atom. The number of rotatable bonds is 6. The molecule has 1 aromatic heterocycles. The Labute approximate surface area is 177 Å². The van der Waals surface area contributed by atoms with Crippen molar-refractivity contribution in [2.24, 2.45) is 0 Å². The number of nitrogens with zero attached hydrogens (tertiary/aromatic N) is 3. The number of hydrogen-bond donors (Lipinski definition) is 2. The van der Waals surface area contributed by atoms with Crippen LogP contribution < -0.4 is 15.8 Å². The van der Waals surface area contributed by atoms with Gasteiger partial charge in [0.05, 0.1) is 0 Å². The molecule has 2 heterocycles. The molecule has 0 unspecified atom stereocenters. The van der Waals surface area contributed by atoms with Crippen molar-refractivity contribution >= 4 is 23.4 Å². The van der Waals surface area contributed by atoms with Gasteiger partial charge in [-0.3, -0.25) is 24.1 Å². The summed E-state index contributed by atoms with van der Waals surface area (Å²) in [6, 6.07) is 4.03. The third kappa shape index (κ3) is 4.11. The average molecular weight is 437 g/mol. The van der Waals surface area contributed by atoms with Crippen LogP contribution in [0.2, 0.25) is 5.02 Å². The number of amides is 2. The number of benzene rings is 1. The number of fused-ring (bicyclic) bond motifs is 1. The van der Waals surface area contributed by atoms with Crippen LogP contribution in [0.25, 0.3) is 0 Å². The minimum Gasteiger partial charge on any atom is -0.502 e. The number of unbranched alkanes of at least 4 members (excludes halogenated alkanes) is 1. The van der Waals surface area contributed by atoms with E-state index in [9.17, 15) is 23.9 Å². The molecule has 0 radical (unpaired) electrons. The van der Waals surface area contributed by atoms with Gasteiger partial charge in [-0.15, -0.1) is 0 Å². The maximum absolute atomic E-state index is 13.9. The second-order valence-electron chi connectivity index (χ2n) is 7.06. The monoisotopic (exact) mass is 436 g/mol. The van der Waals surface area contributed by atoms with Crippen molar-refractivity contribution in [2.75, 3.05) is 25.3 Å². The van der Waals surface area contributed by atoms with E-state index in [-0.39, 0.29) is 35.1 Å². The van der Waals surface area contributed by atoms with E-state index in [1.165, 1.54) is 27.9 Å². The molecule has 0 spiro atoms. The van der Waals surface area contributed by atoms with Gasteiger partial charge in [-0.25, -0.2) is 4.39 Å². The molecule has 2 aromatic rings. The maximum atomic E-state index is 13.9. The number of carbonyl (C=O) groups is 2. The Kier molecular flexibility index (Phi) is 6.31. The zero-order valence-corrected chi connectivity index (χ0v) is 17.4. The van der Waals surface area contributed by atoms with Gasteiger partial charge in [0.2, 0.25) is 5.43 Å². The van der Waals surface area contributed by atoms with Crippen LogP contribution in [0.5, 0.6) is 5.75 Å². The molecule has 30 heavy (non-hydrogen) atoms. The highest BCUT2D eigenvalue weighted by atomic mass is 35.5. The van der Waals surface area contributed by atoms with E-state index in [2.05, 4.69) is 5.32 Å². The largest absolute Gasteiger partial charge is 0.502 e. The van der Waals surface area contributed by atoms with Crippen molar-refractivity contribution in [2.45, 2.75) is 26.3 Å². The maximum Gasteiger partial charge on any atom is 0.277 e. The van der Waals surface area contributed by atoms with E-state index < -0.39 is 28.8 Å². The first-order chi connectivity index (χ1) is 14.2. The molecular weight excluding hydrogens is 415 g/mol. The first-order valence-corrected chi connectivity index (χ1v) is 9.83. The molecule has 0 saturated heterocycles. The summed E-state index contributed by atoms with van der Waals surface area (Å²) in [5.41, 5.74) is -1.31. The fraction of sp³-hybridized carbons (Fsp3) is 0.350. The number of hydrogen-bond acceptors (Lipinski definition) is 5. The third-order valence-electron chi connectivity index (χ3n) is 4.86. The number of carbonyl (C=O) groups excluding carboxylic acids is 2. The molecule has 10 heteroatoms. The molecule has 1 aliphatic rings. The predicted octanol–water partition coefficient (Wildman–Crippen LogP) is 2.06. The molecule has 3 rings (SSSR count). The molecule has 1 aliphatic heterocycles. The zero-order chi connectivity index (χ0) is 22.0. The van der Waals surface area contributed by atoms with Crippen molar-refractivity contribution in [3.63, 3.8) is 0 Å². The second-order valence-corrected chi connectivity index (χ2v) is 7.50. The van der Waals surface area contributed by atoms with Crippen LogP contribution in [0.3, 0.4) is 0 Å². The summed E-state index contributed by atoms with van der Waals surface area (Å²) >= 11 is 5.72. The first-order valence-electron chi connectivity index (χ1n) is 9.46. The topological polar surface area (TPSA) is 94.9 Å². The van der Waals surface area contributed by atoms with Gasteiger partial charge in [-0.2, -0.15) is 0 Å². The van der Waals surface area contributed by atoms with Gasteiger partial charge in [0.15, 0.2) is 11.4 Å². The third-order valence-corrected chi connectivity index (χ3v) is 5.10. The van der Waals surface area contributed by atoms with Crippen molar-refractivity contribution in [1.29, 1.82) is 0 Å². The standard InChI is InChI=1S/C20H22ClFN4O4/c1-3-4-7-25-11-24(2)20(30)16-18(28)17(27)14(10-26(16)25)19(29)23-9-12-5-6-13(21)8-15(12)22/h5-6,8,10,28H,3-4,7,9,11H2,1-2H3,(H,23,29). The van der Waals surface area contributed by atoms with E-state index in [1.807, 2.05) is 6.92 Å². The molecular formula is C20H22ClFN4O4. The van der Waals surface area contributed by atoms with Crippen LogP contribution in [0.15, 0.2) is 29.2 Å². The summed E-state index contributed by atoms with van der Waals surface area (Å²) < 4.78 is 15.3. The Hall–Kier alpha value is -3.07. The van der Waals surface area contributed by atoms with Crippen LogP contribution in [0.4, 0.5) is 4.39 Å². The Morgan fingerprint density at radius 1 is 1.33 bits per heavy atom. The summed E-state index contributed by atoms with van der Waals surface area (Å²) in [6.45, 7) is 2.63. The van der Waals surface area contributed by atoms with Crippen molar-refractivity contribution in [3.05, 3.63) is 62.3 Å². The van der Waals surface area contributed by atoms with Gasteiger partial charge in [0, 0.05) is 36.9 Å². The van der Waals surface area contributed by atoms with Crippen molar-refractivity contribution in [1.82, 2.24) is 14.9 Å². The van der Waals surface area contributed by atoms with E-state index >= 15 is 0 Å². The Balaban J connectivity index is 1.93. The Morgan fingerprint density at radius 2 is 2.07 bits per heavy atom. The van der Waals surface area contributed by atoms with Crippen molar-refractivity contribution in [3.8, 4) is 5.75 Å². The fourth-order valence-electron chi connectivity index (χ4n) is 3.19. The molecule has 0 aliphatic carbocycles. The lowest BCUT2D eigenvalue weighted by Crippen LogP contribution is -2.53. The summed E-state index contributed by atoms with van der Waals surface area (Å²) in [5, 5.41) is 14.9. The van der Waals surface area contributed by atoms with E-state index in [0.29, 0.717) is 6.54 Å². The molecule has 0 atom stereocenters. The second kappa shape index (κ2) is 8.74. The van der Waals surface area contributed by atoms with Gasteiger partial charge in [-0.1, -0.05) is 31.0 Å². The van der Waals surface area contributed by atoms with E-state index in [1.54, 1.807) is 12.1 Å². The van der Waals surface area contributed by atoms with Crippen LogP contribution in [-0.2, 0) is 6.54 Å². The number of pyridine rings is 1. The molecule has 0 saturated carbocycles. The summed E-state index contributed by atoms with van der Waals surface area (Å²) in [4.78, 5) is 39.1. The van der Waals surface area contributed by atoms with Crippen LogP contribution >= 0.6 is 11.6 Å². The molecule has 1 aromatic carbocycles. The lowest BCUT2D eigenvalue weighted by atomic mass is 10.1. The molecule has 160 valence electrons. The molecule has 8 nitrogen and oxygen atoms in total. The molecule has 2 N–H and O–H groups in total. The highest BCUT2D eigenvalue weighted by Gasteiger charge is 2.32. The number of nitrogens with one attached hydrogen (secondary N) is 1. The van der Waals surface area contributed by atoms with Gasteiger partial charge in [0.1, 0.15) is 18.0 Å². The fourth-order valence-corrected chi connectivity index (χ4v) is 3.34. The minimum atomic E-state index is -0.964. The van der Waals surface area contributed by atoms with Gasteiger partial charge in [0.25, 0.3) is 11.8 Å². The average Bonchev–Trinajstić information content (AvgIpc) is 2.70. The zero-order valence-electron chi connectivity index (χ0n) is 16.6. The number of halogens is 2. The summed E-state index contributed by atoms with van der Waals surface area (Å²) in [7, 11) is 1.57. The van der Waals surface area contributed by atoms with Gasteiger partial charge in [-0.05, 0) is 18.6 Å². The van der Waals surface area contributed by atoms with Crippen LogP contribution in [0, 0.1) is 5.82 Å².